The number of hydrogen-bond acceptors (Lipinski definition) is 6. The van der Waals surface area contributed by atoms with Gasteiger partial charge in [0.15, 0.2) is 29.7 Å². The molecular formula is C35H41ClN2O5. The number of Topliss-reactive ketones (excluding diaryl/α,β-unsaturated/α-hetero) is 2. The number of aryl methyl sites for hydroxylation is 1. The first-order valence-electron chi connectivity index (χ1n) is 14.7. The molecule has 2 aromatic carbocycles. The minimum atomic E-state index is -0.554. The normalized spacial score (nSPS) is 19.7. The number of benzene rings is 2. The van der Waals surface area contributed by atoms with Crippen molar-refractivity contribution in [3.63, 3.8) is 0 Å². The third-order valence-electron chi connectivity index (χ3n) is 8.99. The predicted octanol–water partition coefficient (Wildman–Crippen LogP) is 7.30. The van der Waals surface area contributed by atoms with E-state index >= 15 is 0 Å². The molecule has 0 unspecified atom stereocenters. The van der Waals surface area contributed by atoms with Crippen LogP contribution < -0.4 is 14.8 Å². The summed E-state index contributed by atoms with van der Waals surface area (Å²) in [4.78, 5) is 42.5. The number of allylic oxidation sites excluding steroid dienone is 4. The van der Waals surface area contributed by atoms with E-state index in [1.807, 2.05) is 39.1 Å². The zero-order valence-corrected chi connectivity index (χ0v) is 27.1. The van der Waals surface area contributed by atoms with Gasteiger partial charge in [-0.15, -0.1) is 0 Å². The van der Waals surface area contributed by atoms with Crippen LogP contribution >= 0.6 is 11.6 Å². The Hall–Kier alpha value is -3.58. The molecule has 8 heteroatoms. The first-order chi connectivity index (χ1) is 20.1. The van der Waals surface area contributed by atoms with Crippen LogP contribution in [0.25, 0.3) is 0 Å². The second-order valence-electron chi connectivity index (χ2n) is 13.7. The summed E-state index contributed by atoms with van der Waals surface area (Å²) in [6.45, 7) is 12.1. The Balaban J connectivity index is 1.53. The van der Waals surface area contributed by atoms with Crippen LogP contribution in [0.5, 0.6) is 11.5 Å². The van der Waals surface area contributed by atoms with E-state index in [0.717, 1.165) is 41.1 Å². The largest absolute Gasteiger partial charge is 0.493 e. The summed E-state index contributed by atoms with van der Waals surface area (Å²) in [6.07, 6.45) is 2.27. The Morgan fingerprint density at radius 2 is 1.56 bits per heavy atom. The minimum Gasteiger partial charge on any atom is -0.493 e. The maximum Gasteiger partial charge on any atom is 0.262 e. The average Bonchev–Trinajstić information content (AvgIpc) is 2.90. The van der Waals surface area contributed by atoms with E-state index in [1.54, 1.807) is 12.1 Å². The zero-order valence-electron chi connectivity index (χ0n) is 26.4. The predicted molar refractivity (Wildman–Crippen MR) is 169 cm³/mol. The van der Waals surface area contributed by atoms with Crippen LogP contribution in [0.4, 0.5) is 5.69 Å². The van der Waals surface area contributed by atoms with Gasteiger partial charge < -0.3 is 19.7 Å². The van der Waals surface area contributed by atoms with E-state index in [9.17, 15) is 14.4 Å². The van der Waals surface area contributed by atoms with Crippen molar-refractivity contribution < 1.29 is 23.9 Å². The van der Waals surface area contributed by atoms with Crippen molar-refractivity contribution in [3.8, 4) is 11.5 Å². The van der Waals surface area contributed by atoms with Crippen LogP contribution in [0.15, 0.2) is 52.9 Å². The molecule has 0 spiro atoms. The summed E-state index contributed by atoms with van der Waals surface area (Å²) < 4.78 is 11.6. The van der Waals surface area contributed by atoms with Gasteiger partial charge in [-0.2, -0.15) is 0 Å². The highest BCUT2D eigenvalue weighted by atomic mass is 35.5. The number of carbonyl (C=O) groups is 3. The maximum absolute atomic E-state index is 13.8. The molecule has 0 atom stereocenters. The highest BCUT2D eigenvalue weighted by Gasteiger charge is 2.48. The number of ether oxygens (including phenoxy) is 2. The molecule has 2 aliphatic carbocycles. The molecule has 2 aromatic rings. The Morgan fingerprint density at radius 1 is 0.977 bits per heavy atom. The SMILES string of the molecule is COc1cc(C2C3=C(CC(C)(C)CC3=O)N(C)C3=C2C(=O)CC(C)(C)C3)cc(Cl)c1OCC(=O)Nc1cccc(C)c1C. The van der Waals surface area contributed by atoms with Crippen molar-refractivity contribution >= 4 is 34.8 Å². The number of nitrogens with zero attached hydrogens (tertiary/aromatic N) is 1. The number of rotatable bonds is 6. The van der Waals surface area contributed by atoms with E-state index in [2.05, 4.69) is 37.9 Å². The van der Waals surface area contributed by atoms with Crippen LogP contribution in [0.2, 0.25) is 5.02 Å². The van der Waals surface area contributed by atoms with Gasteiger partial charge in [-0.25, -0.2) is 0 Å². The Kier molecular flexibility index (Phi) is 8.01. The molecule has 1 heterocycles. The Bertz CT molecular complexity index is 1550. The van der Waals surface area contributed by atoms with Crippen LogP contribution in [0.1, 0.15) is 76.0 Å². The van der Waals surface area contributed by atoms with E-state index in [1.165, 1.54) is 7.11 Å². The molecule has 1 amide bonds. The molecule has 0 bridgehead atoms. The van der Waals surface area contributed by atoms with E-state index in [0.29, 0.717) is 35.3 Å². The molecule has 0 aromatic heterocycles. The fourth-order valence-corrected chi connectivity index (χ4v) is 7.03. The molecule has 228 valence electrons. The molecule has 0 fully saturated rings. The summed E-state index contributed by atoms with van der Waals surface area (Å²) in [6, 6.07) is 9.25. The van der Waals surface area contributed by atoms with Gasteiger partial charge in [0.25, 0.3) is 5.91 Å². The lowest BCUT2D eigenvalue weighted by Gasteiger charge is -2.48. The first-order valence-corrected chi connectivity index (χ1v) is 15.1. The van der Waals surface area contributed by atoms with Gasteiger partial charge in [-0.3, -0.25) is 14.4 Å². The van der Waals surface area contributed by atoms with Crippen molar-refractivity contribution in [2.75, 3.05) is 26.1 Å². The summed E-state index contributed by atoms with van der Waals surface area (Å²) >= 11 is 6.82. The lowest BCUT2D eigenvalue weighted by Crippen LogP contribution is -2.43. The van der Waals surface area contributed by atoms with Crippen molar-refractivity contribution in [1.29, 1.82) is 0 Å². The zero-order chi connectivity index (χ0) is 31.4. The number of anilines is 1. The van der Waals surface area contributed by atoms with Crippen LogP contribution in [-0.2, 0) is 14.4 Å². The van der Waals surface area contributed by atoms with Crippen LogP contribution in [-0.4, -0.2) is 43.1 Å². The van der Waals surface area contributed by atoms with Crippen LogP contribution in [0, 0.1) is 24.7 Å². The molecule has 0 saturated heterocycles. The molecule has 3 aliphatic rings. The van der Waals surface area contributed by atoms with Crippen molar-refractivity contribution in [1.82, 2.24) is 4.90 Å². The van der Waals surface area contributed by atoms with Gasteiger partial charge in [0.2, 0.25) is 0 Å². The summed E-state index contributed by atoms with van der Waals surface area (Å²) in [5.74, 6) is -0.232. The topological polar surface area (TPSA) is 84.9 Å². The summed E-state index contributed by atoms with van der Waals surface area (Å²) in [7, 11) is 3.49. The van der Waals surface area contributed by atoms with E-state index in [-0.39, 0.29) is 45.7 Å². The molecule has 7 nitrogen and oxygen atoms in total. The molecule has 0 radical (unpaired) electrons. The van der Waals surface area contributed by atoms with Crippen molar-refractivity contribution in [2.45, 2.75) is 73.1 Å². The number of carbonyl (C=O) groups excluding carboxylic acids is 3. The van der Waals surface area contributed by atoms with Gasteiger partial charge >= 0.3 is 0 Å². The van der Waals surface area contributed by atoms with Crippen molar-refractivity contribution in [2.24, 2.45) is 10.8 Å². The number of halogens is 1. The molecular weight excluding hydrogens is 564 g/mol. The van der Waals surface area contributed by atoms with Gasteiger partial charge in [0, 0.05) is 54.0 Å². The van der Waals surface area contributed by atoms with Crippen molar-refractivity contribution in [3.05, 3.63) is 74.6 Å². The Morgan fingerprint density at radius 3 is 2.12 bits per heavy atom. The van der Waals surface area contributed by atoms with Crippen LogP contribution in [0.3, 0.4) is 0 Å². The number of nitrogens with one attached hydrogen (secondary N) is 1. The summed E-state index contributed by atoms with van der Waals surface area (Å²) in [5, 5.41) is 3.13. The average molecular weight is 605 g/mol. The number of methoxy groups -OCH3 is 1. The lowest BCUT2D eigenvalue weighted by atomic mass is 9.63. The number of ketones is 2. The standard InChI is InChI=1S/C35H41ClN2O5/c1-19-10-9-11-23(20(19)2)37-29(41)18-43-33-22(36)12-21(13-28(33)42-8)30-31-24(14-34(3,4)16-26(31)39)38(7)25-15-35(5,6)17-27(40)32(25)30/h9-13,30H,14-18H2,1-8H3,(H,37,41). The fourth-order valence-electron chi connectivity index (χ4n) is 6.75. The molecule has 0 saturated carbocycles. The monoisotopic (exact) mass is 604 g/mol. The smallest absolute Gasteiger partial charge is 0.262 e. The quantitative estimate of drug-likeness (QED) is 0.372. The minimum absolute atomic E-state index is 0.0470. The van der Waals surface area contributed by atoms with E-state index < -0.39 is 5.92 Å². The third kappa shape index (κ3) is 5.84. The highest BCUT2D eigenvalue weighted by molar-refractivity contribution is 6.32. The molecule has 43 heavy (non-hydrogen) atoms. The maximum atomic E-state index is 13.8. The molecule has 1 N–H and O–H groups in total. The first kappa shape index (κ1) is 30.9. The van der Waals surface area contributed by atoms with E-state index in [4.69, 9.17) is 21.1 Å². The lowest BCUT2D eigenvalue weighted by molar-refractivity contribution is -0.120. The second-order valence-corrected chi connectivity index (χ2v) is 14.1. The fraction of sp³-hybridized carbons (Fsp3) is 0.457. The summed E-state index contributed by atoms with van der Waals surface area (Å²) in [5.41, 5.74) is 6.35. The van der Waals surface area contributed by atoms with Gasteiger partial charge in [0.05, 0.1) is 12.1 Å². The Labute approximate surface area is 259 Å². The van der Waals surface area contributed by atoms with Gasteiger partial charge in [-0.05, 0) is 72.4 Å². The third-order valence-corrected chi connectivity index (χ3v) is 9.27. The van der Waals surface area contributed by atoms with Gasteiger partial charge in [0.1, 0.15) is 0 Å². The number of hydrogen-bond donors (Lipinski definition) is 1. The number of amides is 1. The molecule has 5 rings (SSSR count). The second kappa shape index (κ2) is 11.2. The highest BCUT2D eigenvalue weighted by Crippen LogP contribution is 2.55. The van der Waals surface area contributed by atoms with Gasteiger partial charge in [-0.1, -0.05) is 51.4 Å². The molecule has 1 aliphatic heterocycles.